The normalized spacial score (nSPS) is 11.2. The number of aromatic nitrogens is 1. The quantitative estimate of drug-likeness (QED) is 0.801. The first-order valence-corrected chi connectivity index (χ1v) is 7.54. The Hall–Kier alpha value is -1.58. The Labute approximate surface area is 122 Å². The highest BCUT2D eigenvalue weighted by Gasteiger charge is 2.27. The molecule has 1 heterocycles. The molecule has 1 aromatic rings. The zero-order valence-corrected chi connectivity index (χ0v) is 13.3. The van der Waals surface area contributed by atoms with Gasteiger partial charge in [0.1, 0.15) is 0 Å². The van der Waals surface area contributed by atoms with E-state index in [4.69, 9.17) is 0 Å². The summed E-state index contributed by atoms with van der Waals surface area (Å²) in [4.78, 5) is 16.8. The van der Waals surface area contributed by atoms with E-state index in [1.807, 2.05) is 19.9 Å². The van der Waals surface area contributed by atoms with Crippen molar-refractivity contribution in [2.45, 2.75) is 59.4 Å². The Balaban J connectivity index is 3.02. The maximum absolute atomic E-state index is 12.6. The van der Waals surface area contributed by atoms with Crippen molar-refractivity contribution in [2.75, 3.05) is 11.9 Å². The third-order valence-corrected chi connectivity index (χ3v) is 4.06. The molecule has 112 valence electrons. The molecular formula is C16H27N3O. The van der Waals surface area contributed by atoms with E-state index in [1.165, 1.54) is 0 Å². The van der Waals surface area contributed by atoms with Crippen molar-refractivity contribution in [3.63, 3.8) is 0 Å². The van der Waals surface area contributed by atoms with Crippen molar-refractivity contribution in [3.8, 4) is 0 Å². The summed E-state index contributed by atoms with van der Waals surface area (Å²) in [5.74, 6) is -0.0426. The molecule has 0 spiro atoms. The van der Waals surface area contributed by atoms with E-state index in [0.29, 0.717) is 5.56 Å². The van der Waals surface area contributed by atoms with E-state index in [1.54, 1.807) is 6.20 Å². The predicted molar refractivity (Wildman–Crippen MR) is 84.2 cm³/mol. The van der Waals surface area contributed by atoms with Gasteiger partial charge in [0, 0.05) is 24.0 Å². The zero-order valence-electron chi connectivity index (χ0n) is 13.3. The second-order valence-corrected chi connectivity index (χ2v) is 5.20. The molecule has 0 fully saturated rings. The zero-order chi connectivity index (χ0) is 15.2. The number of aryl methyl sites for hydroxylation is 1. The fourth-order valence-corrected chi connectivity index (χ4v) is 2.40. The lowest BCUT2D eigenvalue weighted by Crippen LogP contribution is -2.47. The summed E-state index contributed by atoms with van der Waals surface area (Å²) in [7, 11) is 0. The molecule has 4 heteroatoms. The molecule has 0 bridgehead atoms. The summed E-state index contributed by atoms with van der Waals surface area (Å²) in [5.41, 5.74) is 2.27. The number of hydrogen-bond donors (Lipinski definition) is 2. The highest BCUT2D eigenvalue weighted by atomic mass is 16.1. The van der Waals surface area contributed by atoms with Crippen molar-refractivity contribution in [1.82, 2.24) is 10.3 Å². The highest BCUT2D eigenvalue weighted by molar-refractivity contribution is 5.99. The van der Waals surface area contributed by atoms with Crippen LogP contribution >= 0.6 is 0 Å². The topological polar surface area (TPSA) is 54.0 Å². The van der Waals surface area contributed by atoms with Crippen LogP contribution in [0.4, 0.5) is 5.69 Å². The number of nitrogens with one attached hydrogen (secondary N) is 2. The standard InChI is InChI=1S/C16H27N3O/c1-6-16(7-2,8-3)19-15(20)13-11-18-12(5)10-14(13)17-9-4/h10-11H,6-9H2,1-5H3,(H,17,18)(H,19,20). The molecule has 4 nitrogen and oxygen atoms in total. The summed E-state index contributed by atoms with van der Waals surface area (Å²) >= 11 is 0. The van der Waals surface area contributed by atoms with Crippen molar-refractivity contribution in [2.24, 2.45) is 0 Å². The Morgan fingerprint density at radius 3 is 2.30 bits per heavy atom. The van der Waals surface area contributed by atoms with Gasteiger partial charge in [-0.15, -0.1) is 0 Å². The smallest absolute Gasteiger partial charge is 0.255 e. The molecular weight excluding hydrogens is 250 g/mol. The molecule has 0 saturated carbocycles. The molecule has 1 amide bonds. The van der Waals surface area contributed by atoms with Gasteiger partial charge in [0.2, 0.25) is 0 Å². The lowest BCUT2D eigenvalue weighted by Gasteiger charge is -2.32. The summed E-state index contributed by atoms with van der Waals surface area (Å²) in [6.45, 7) is 11.1. The highest BCUT2D eigenvalue weighted by Crippen LogP contribution is 2.22. The maximum atomic E-state index is 12.6. The van der Waals surface area contributed by atoms with E-state index in [-0.39, 0.29) is 11.4 Å². The molecule has 0 radical (unpaired) electrons. The van der Waals surface area contributed by atoms with Gasteiger partial charge >= 0.3 is 0 Å². The summed E-state index contributed by atoms with van der Waals surface area (Å²) in [6, 6.07) is 1.92. The number of carbonyl (C=O) groups excluding carboxylic acids is 1. The van der Waals surface area contributed by atoms with Gasteiger partial charge in [-0.3, -0.25) is 9.78 Å². The van der Waals surface area contributed by atoms with E-state index >= 15 is 0 Å². The number of amides is 1. The lowest BCUT2D eigenvalue weighted by atomic mass is 9.89. The van der Waals surface area contributed by atoms with Crippen LogP contribution in [0.15, 0.2) is 12.3 Å². The first-order chi connectivity index (χ1) is 9.51. The summed E-state index contributed by atoms with van der Waals surface area (Å²) in [6.07, 6.45) is 4.46. The van der Waals surface area contributed by atoms with Crippen molar-refractivity contribution >= 4 is 11.6 Å². The van der Waals surface area contributed by atoms with Crippen LogP contribution in [0.2, 0.25) is 0 Å². The van der Waals surface area contributed by atoms with Crippen LogP contribution in [0.5, 0.6) is 0 Å². The minimum Gasteiger partial charge on any atom is -0.385 e. The molecule has 1 rings (SSSR count). The monoisotopic (exact) mass is 277 g/mol. The van der Waals surface area contributed by atoms with Crippen LogP contribution < -0.4 is 10.6 Å². The maximum Gasteiger partial charge on any atom is 0.255 e. The van der Waals surface area contributed by atoms with E-state index in [2.05, 4.69) is 36.4 Å². The Kier molecular flexibility index (Phi) is 5.99. The number of carbonyl (C=O) groups is 1. The molecule has 0 atom stereocenters. The first-order valence-electron chi connectivity index (χ1n) is 7.54. The Bertz CT molecular complexity index is 445. The fraction of sp³-hybridized carbons (Fsp3) is 0.625. The predicted octanol–water partition coefficient (Wildman–Crippen LogP) is 3.52. The second-order valence-electron chi connectivity index (χ2n) is 5.20. The molecule has 0 aromatic carbocycles. The first kappa shape index (κ1) is 16.5. The SMILES string of the molecule is CCNc1cc(C)ncc1C(=O)NC(CC)(CC)CC. The van der Waals surface area contributed by atoms with E-state index in [0.717, 1.165) is 37.2 Å². The van der Waals surface area contributed by atoms with E-state index < -0.39 is 0 Å². The minimum absolute atomic E-state index is 0.0426. The van der Waals surface area contributed by atoms with Gasteiger partial charge < -0.3 is 10.6 Å². The van der Waals surface area contributed by atoms with Crippen molar-refractivity contribution in [1.29, 1.82) is 0 Å². The van der Waals surface area contributed by atoms with Crippen LogP contribution in [0.25, 0.3) is 0 Å². The molecule has 1 aromatic heterocycles. The van der Waals surface area contributed by atoms with Crippen LogP contribution in [-0.4, -0.2) is 23.0 Å². The lowest BCUT2D eigenvalue weighted by molar-refractivity contribution is 0.0888. The van der Waals surface area contributed by atoms with Crippen molar-refractivity contribution in [3.05, 3.63) is 23.5 Å². The van der Waals surface area contributed by atoms with Gasteiger partial charge in [-0.25, -0.2) is 0 Å². The fourth-order valence-electron chi connectivity index (χ4n) is 2.40. The van der Waals surface area contributed by atoms with Gasteiger partial charge in [-0.05, 0) is 39.2 Å². The molecule has 20 heavy (non-hydrogen) atoms. The third-order valence-electron chi connectivity index (χ3n) is 4.06. The molecule has 0 aliphatic rings. The van der Waals surface area contributed by atoms with Gasteiger partial charge in [-0.1, -0.05) is 20.8 Å². The minimum atomic E-state index is -0.120. The number of hydrogen-bond acceptors (Lipinski definition) is 3. The molecule has 2 N–H and O–H groups in total. The number of pyridine rings is 1. The van der Waals surface area contributed by atoms with Crippen LogP contribution in [0.1, 0.15) is 63.0 Å². The summed E-state index contributed by atoms with van der Waals surface area (Å²) in [5, 5.41) is 6.43. The molecule has 0 aliphatic carbocycles. The Morgan fingerprint density at radius 1 is 1.20 bits per heavy atom. The van der Waals surface area contributed by atoms with Crippen LogP contribution in [-0.2, 0) is 0 Å². The van der Waals surface area contributed by atoms with Gasteiger partial charge in [0.25, 0.3) is 5.91 Å². The van der Waals surface area contributed by atoms with Crippen molar-refractivity contribution < 1.29 is 4.79 Å². The van der Waals surface area contributed by atoms with Gasteiger partial charge in [0.15, 0.2) is 0 Å². The average molecular weight is 277 g/mol. The summed E-state index contributed by atoms with van der Waals surface area (Å²) < 4.78 is 0. The number of anilines is 1. The molecule has 0 saturated heterocycles. The second kappa shape index (κ2) is 7.27. The van der Waals surface area contributed by atoms with Crippen LogP contribution in [0.3, 0.4) is 0 Å². The molecule has 0 unspecified atom stereocenters. The van der Waals surface area contributed by atoms with Crippen LogP contribution in [0, 0.1) is 6.92 Å². The van der Waals surface area contributed by atoms with Gasteiger partial charge in [0.05, 0.1) is 11.3 Å². The number of nitrogens with zero attached hydrogens (tertiary/aromatic N) is 1. The largest absolute Gasteiger partial charge is 0.385 e. The number of rotatable bonds is 7. The third kappa shape index (κ3) is 3.71. The average Bonchev–Trinajstić information content (AvgIpc) is 2.45. The van der Waals surface area contributed by atoms with Gasteiger partial charge in [-0.2, -0.15) is 0 Å². The molecule has 0 aliphatic heterocycles. The van der Waals surface area contributed by atoms with E-state index in [9.17, 15) is 4.79 Å². The Morgan fingerprint density at radius 2 is 1.80 bits per heavy atom.